The van der Waals surface area contributed by atoms with E-state index in [2.05, 4.69) is 20.2 Å². The Bertz CT molecular complexity index is 1610. The van der Waals surface area contributed by atoms with Crippen LogP contribution in [0.5, 0.6) is 5.88 Å². The van der Waals surface area contributed by atoms with E-state index in [4.69, 9.17) is 15.9 Å². The average molecular weight is 537 g/mol. The first-order valence-corrected chi connectivity index (χ1v) is 12.7. The second-order valence-electron chi connectivity index (χ2n) is 9.36. The SMILES string of the molecule is COc1ccc(-c2cc(C(=O)NCc3ccccn3)ccc2CN2CCc3cc(C(=N)N)ccc32)c(C(=O)O)n1. The van der Waals surface area contributed by atoms with Crippen LogP contribution >= 0.6 is 0 Å². The van der Waals surface area contributed by atoms with Gasteiger partial charge in [-0.15, -0.1) is 0 Å². The normalized spacial score (nSPS) is 12.1. The highest BCUT2D eigenvalue weighted by Crippen LogP contribution is 2.34. The molecule has 1 amide bonds. The van der Waals surface area contributed by atoms with Gasteiger partial charge in [0.05, 0.1) is 19.3 Å². The fourth-order valence-electron chi connectivity index (χ4n) is 4.82. The Labute approximate surface area is 231 Å². The van der Waals surface area contributed by atoms with Crippen LogP contribution in [0, 0.1) is 5.41 Å². The van der Waals surface area contributed by atoms with Crippen molar-refractivity contribution in [1.82, 2.24) is 15.3 Å². The molecule has 0 saturated carbocycles. The Morgan fingerprint density at radius 3 is 2.62 bits per heavy atom. The summed E-state index contributed by atoms with van der Waals surface area (Å²) < 4.78 is 5.16. The van der Waals surface area contributed by atoms with Crippen molar-refractivity contribution in [3.05, 3.63) is 107 Å². The number of anilines is 1. The Morgan fingerprint density at radius 1 is 1.07 bits per heavy atom. The summed E-state index contributed by atoms with van der Waals surface area (Å²) in [6.07, 6.45) is 2.46. The molecule has 0 spiro atoms. The highest BCUT2D eigenvalue weighted by atomic mass is 16.5. The molecule has 1 aliphatic heterocycles. The summed E-state index contributed by atoms with van der Waals surface area (Å²) in [6.45, 7) is 1.48. The first kappa shape index (κ1) is 26.4. The molecule has 1 aliphatic rings. The number of nitrogens with one attached hydrogen (secondary N) is 2. The molecule has 0 radical (unpaired) electrons. The maximum absolute atomic E-state index is 13.1. The van der Waals surface area contributed by atoms with E-state index in [1.165, 1.54) is 7.11 Å². The van der Waals surface area contributed by atoms with Crippen LogP contribution in [0.25, 0.3) is 11.1 Å². The van der Waals surface area contributed by atoms with Gasteiger partial charge >= 0.3 is 5.97 Å². The number of methoxy groups -OCH3 is 1. The van der Waals surface area contributed by atoms with E-state index in [1.54, 1.807) is 36.5 Å². The summed E-state index contributed by atoms with van der Waals surface area (Å²) in [7, 11) is 1.42. The van der Waals surface area contributed by atoms with Gasteiger partial charge in [0.1, 0.15) is 5.84 Å². The number of amidine groups is 1. The lowest BCUT2D eigenvalue weighted by atomic mass is 9.95. The third-order valence-corrected chi connectivity index (χ3v) is 6.84. The molecule has 4 aromatic rings. The number of fused-ring (bicyclic) bond motifs is 1. The third kappa shape index (κ3) is 5.46. The molecule has 0 bridgehead atoms. The van der Waals surface area contributed by atoms with Crippen LogP contribution in [-0.2, 0) is 19.5 Å². The van der Waals surface area contributed by atoms with Gasteiger partial charge in [-0.3, -0.25) is 15.2 Å². The molecule has 5 N–H and O–H groups in total. The number of ether oxygens (including phenoxy) is 1. The van der Waals surface area contributed by atoms with E-state index in [0.29, 0.717) is 28.8 Å². The summed E-state index contributed by atoms with van der Waals surface area (Å²) >= 11 is 0. The van der Waals surface area contributed by atoms with Crippen molar-refractivity contribution in [3.8, 4) is 17.0 Å². The Kier molecular flexibility index (Phi) is 7.41. The average Bonchev–Trinajstić information content (AvgIpc) is 3.38. The topological polar surface area (TPSA) is 155 Å². The number of hydrogen-bond donors (Lipinski definition) is 4. The van der Waals surface area contributed by atoms with Gasteiger partial charge in [-0.25, -0.2) is 9.78 Å². The van der Waals surface area contributed by atoms with Gasteiger partial charge in [-0.2, -0.15) is 0 Å². The van der Waals surface area contributed by atoms with Crippen LogP contribution in [0.1, 0.15) is 43.2 Å². The predicted molar refractivity (Wildman–Crippen MR) is 151 cm³/mol. The summed E-state index contributed by atoms with van der Waals surface area (Å²) in [5, 5.41) is 20.6. The Morgan fingerprint density at radius 2 is 1.90 bits per heavy atom. The molecular formula is C30H28N6O4. The minimum atomic E-state index is -1.20. The summed E-state index contributed by atoms with van der Waals surface area (Å²) in [5.74, 6) is -1.30. The number of nitrogen functional groups attached to an aromatic ring is 1. The van der Waals surface area contributed by atoms with Gasteiger partial charge in [0.15, 0.2) is 5.69 Å². The first-order chi connectivity index (χ1) is 19.3. The summed E-state index contributed by atoms with van der Waals surface area (Å²) in [6, 6.07) is 19.7. The van der Waals surface area contributed by atoms with Crippen molar-refractivity contribution in [1.29, 1.82) is 5.41 Å². The molecular weight excluding hydrogens is 508 g/mol. The lowest BCUT2D eigenvalue weighted by Gasteiger charge is -2.22. The number of amides is 1. The molecule has 0 saturated heterocycles. The number of hydrogen-bond acceptors (Lipinski definition) is 7. The van der Waals surface area contributed by atoms with E-state index >= 15 is 0 Å². The summed E-state index contributed by atoms with van der Waals surface area (Å²) in [5.41, 5.74) is 11.2. The monoisotopic (exact) mass is 536 g/mol. The van der Waals surface area contributed by atoms with Gasteiger partial charge in [-0.05, 0) is 71.6 Å². The largest absolute Gasteiger partial charge is 0.481 e. The molecule has 202 valence electrons. The number of pyridine rings is 2. The number of carbonyl (C=O) groups excluding carboxylic acids is 1. The van der Waals surface area contributed by atoms with Crippen LogP contribution in [0.4, 0.5) is 5.69 Å². The van der Waals surface area contributed by atoms with Crippen LogP contribution in [0.15, 0.2) is 72.9 Å². The van der Waals surface area contributed by atoms with Crippen molar-refractivity contribution in [2.45, 2.75) is 19.5 Å². The van der Waals surface area contributed by atoms with Gasteiger partial charge in [0.2, 0.25) is 5.88 Å². The highest BCUT2D eigenvalue weighted by Gasteiger charge is 2.24. The number of benzene rings is 2. The van der Waals surface area contributed by atoms with E-state index in [0.717, 1.165) is 35.5 Å². The van der Waals surface area contributed by atoms with E-state index < -0.39 is 5.97 Å². The second-order valence-corrected chi connectivity index (χ2v) is 9.36. The predicted octanol–water partition coefficient (Wildman–Crippen LogP) is 3.63. The van der Waals surface area contributed by atoms with Crippen LogP contribution in [0.3, 0.4) is 0 Å². The minimum absolute atomic E-state index is 0.0219. The molecule has 3 heterocycles. The van der Waals surface area contributed by atoms with Crippen LogP contribution in [-0.4, -0.2) is 46.4 Å². The maximum atomic E-state index is 13.1. The standard InChI is InChI=1S/C30H28N6O4/c1-40-26-10-8-23(27(35-26)30(38)39)24-15-20(29(37)34-16-22-4-2-3-12-33-22)5-6-21(24)17-36-13-11-18-14-19(28(31)32)7-9-25(18)36/h2-10,12,14-15H,11,13,16-17H2,1H3,(H3,31,32)(H,34,37)(H,38,39). The van der Waals surface area contributed by atoms with Gasteiger partial charge < -0.3 is 25.8 Å². The lowest BCUT2D eigenvalue weighted by molar-refractivity contribution is 0.0690. The number of nitrogens with zero attached hydrogens (tertiary/aromatic N) is 3. The smallest absolute Gasteiger partial charge is 0.355 e. The molecule has 0 aliphatic carbocycles. The molecule has 0 atom stereocenters. The second kappa shape index (κ2) is 11.2. The molecule has 0 fully saturated rings. The number of carboxylic acids is 1. The fourth-order valence-corrected chi connectivity index (χ4v) is 4.82. The van der Waals surface area contributed by atoms with Gasteiger partial charge in [0, 0.05) is 47.7 Å². The van der Waals surface area contributed by atoms with Crippen LogP contribution < -0.4 is 20.7 Å². The highest BCUT2D eigenvalue weighted by molar-refractivity contribution is 5.99. The Balaban J connectivity index is 1.52. The Hall–Kier alpha value is -5.25. The number of aromatic nitrogens is 2. The quantitative estimate of drug-likeness (QED) is 0.187. The number of rotatable bonds is 9. The zero-order valence-electron chi connectivity index (χ0n) is 21.8. The number of carboxylic acid groups (broad SMARTS) is 1. The first-order valence-electron chi connectivity index (χ1n) is 12.7. The van der Waals surface area contributed by atoms with Gasteiger partial charge in [-0.1, -0.05) is 12.1 Å². The van der Waals surface area contributed by atoms with E-state index in [1.807, 2.05) is 36.4 Å². The van der Waals surface area contributed by atoms with Gasteiger partial charge in [0.25, 0.3) is 5.91 Å². The molecule has 10 heteroatoms. The molecule has 2 aromatic heterocycles. The molecule has 2 aromatic carbocycles. The number of carbonyl (C=O) groups is 2. The lowest BCUT2D eigenvalue weighted by Crippen LogP contribution is -2.24. The molecule has 5 rings (SSSR count). The molecule has 0 unspecified atom stereocenters. The van der Waals surface area contributed by atoms with E-state index in [-0.39, 0.29) is 29.9 Å². The zero-order chi connectivity index (χ0) is 28.2. The maximum Gasteiger partial charge on any atom is 0.355 e. The zero-order valence-corrected chi connectivity index (χ0v) is 21.8. The van der Waals surface area contributed by atoms with Crippen molar-refractivity contribution < 1.29 is 19.4 Å². The van der Waals surface area contributed by atoms with E-state index in [9.17, 15) is 14.7 Å². The third-order valence-electron chi connectivity index (χ3n) is 6.84. The molecule has 10 nitrogen and oxygen atoms in total. The number of aromatic carboxylic acids is 1. The molecule has 40 heavy (non-hydrogen) atoms. The minimum Gasteiger partial charge on any atom is -0.481 e. The van der Waals surface area contributed by atoms with Crippen molar-refractivity contribution in [3.63, 3.8) is 0 Å². The van der Waals surface area contributed by atoms with Crippen molar-refractivity contribution in [2.75, 3.05) is 18.6 Å². The van der Waals surface area contributed by atoms with Crippen molar-refractivity contribution >= 4 is 23.4 Å². The number of nitrogens with two attached hydrogens (primary N) is 1. The van der Waals surface area contributed by atoms with Crippen LogP contribution in [0.2, 0.25) is 0 Å². The summed E-state index contributed by atoms with van der Waals surface area (Å²) in [4.78, 5) is 35.9. The van der Waals surface area contributed by atoms with Crippen molar-refractivity contribution in [2.24, 2.45) is 5.73 Å². The fraction of sp³-hybridized carbons (Fsp3) is 0.167.